The van der Waals surface area contributed by atoms with Gasteiger partial charge in [0.2, 0.25) is 0 Å². The summed E-state index contributed by atoms with van der Waals surface area (Å²) < 4.78 is 5.70. The van der Waals surface area contributed by atoms with Crippen molar-refractivity contribution in [2.75, 3.05) is 7.11 Å². The molecule has 0 heterocycles. The summed E-state index contributed by atoms with van der Waals surface area (Å²) in [6.07, 6.45) is 4.62. The van der Waals surface area contributed by atoms with Crippen LogP contribution in [0, 0.1) is 45.3 Å². The van der Waals surface area contributed by atoms with Crippen molar-refractivity contribution in [1.82, 2.24) is 0 Å². The van der Waals surface area contributed by atoms with Crippen LogP contribution in [0.5, 0.6) is 5.75 Å². The fraction of sp³-hybridized carbons (Fsp3) is 0.292. The first-order chi connectivity index (χ1) is 14.1. The Hall–Kier alpha value is -3.75. The molecule has 142 valence electrons. The lowest BCUT2D eigenvalue weighted by molar-refractivity contribution is 0.307. The molecular weight excluding hydrogens is 360 g/mol. The van der Waals surface area contributed by atoms with Gasteiger partial charge in [-0.05, 0) is 47.6 Å². The Morgan fingerprint density at radius 3 is 2.55 bits per heavy atom. The molecule has 0 fully saturated rings. The molecule has 5 heteroatoms. The monoisotopic (exact) mass is 380 g/mol. The number of allylic oxidation sites excluding steroid dienone is 4. The average Bonchev–Trinajstić information content (AvgIpc) is 2.78. The van der Waals surface area contributed by atoms with Crippen molar-refractivity contribution in [3.63, 3.8) is 0 Å². The van der Waals surface area contributed by atoms with Crippen LogP contribution in [0.15, 0.2) is 59.3 Å². The zero-order valence-corrected chi connectivity index (χ0v) is 16.1. The second-order valence-electron chi connectivity index (χ2n) is 7.51. The van der Waals surface area contributed by atoms with Crippen molar-refractivity contribution < 1.29 is 4.74 Å². The van der Waals surface area contributed by atoms with Gasteiger partial charge in [0, 0.05) is 11.5 Å². The highest BCUT2D eigenvalue weighted by Crippen LogP contribution is 2.58. The number of methoxy groups -OCH3 is 1. The summed E-state index contributed by atoms with van der Waals surface area (Å²) in [6.45, 7) is 0. The summed E-state index contributed by atoms with van der Waals surface area (Å²) in [4.78, 5) is 0. The number of nitriles is 3. The van der Waals surface area contributed by atoms with Gasteiger partial charge in [-0.1, -0.05) is 36.4 Å². The minimum Gasteiger partial charge on any atom is -0.496 e. The number of ether oxygens (including phenoxy) is 1. The van der Waals surface area contributed by atoms with Crippen LogP contribution in [0.25, 0.3) is 10.8 Å². The predicted molar refractivity (Wildman–Crippen MR) is 109 cm³/mol. The van der Waals surface area contributed by atoms with Crippen LogP contribution in [0.3, 0.4) is 0 Å². The van der Waals surface area contributed by atoms with Gasteiger partial charge in [0.05, 0.1) is 30.5 Å². The van der Waals surface area contributed by atoms with E-state index in [4.69, 9.17) is 10.5 Å². The molecule has 0 amide bonds. The first-order valence-electron chi connectivity index (χ1n) is 9.61. The number of hydrogen-bond acceptors (Lipinski definition) is 5. The minimum absolute atomic E-state index is 0.0504. The lowest BCUT2D eigenvalue weighted by Crippen LogP contribution is -2.42. The van der Waals surface area contributed by atoms with Crippen molar-refractivity contribution in [2.45, 2.75) is 25.2 Å². The highest BCUT2D eigenvalue weighted by molar-refractivity contribution is 5.89. The van der Waals surface area contributed by atoms with Crippen molar-refractivity contribution in [3.05, 3.63) is 64.9 Å². The van der Waals surface area contributed by atoms with Crippen molar-refractivity contribution in [2.24, 2.45) is 17.1 Å². The minimum atomic E-state index is -1.64. The molecule has 0 aliphatic heterocycles. The van der Waals surface area contributed by atoms with Gasteiger partial charge in [-0.2, -0.15) is 15.8 Å². The molecular formula is C24H20N4O. The molecule has 0 saturated heterocycles. The predicted octanol–water partition coefficient (Wildman–Crippen LogP) is 4.44. The number of benzene rings is 2. The number of nitrogens with zero attached hydrogens (tertiary/aromatic N) is 3. The number of fused-ring (bicyclic) bond motifs is 2. The normalized spacial score (nSPS) is 22.6. The number of hydrogen-bond donors (Lipinski definition) is 1. The van der Waals surface area contributed by atoms with E-state index in [1.807, 2.05) is 42.5 Å². The largest absolute Gasteiger partial charge is 0.496 e. The van der Waals surface area contributed by atoms with Gasteiger partial charge in [0.15, 0.2) is 5.41 Å². The summed E-state index contributed by atoms with van der Waals surface area (Å²) >= 11 is 0. The molecule has 4 rings (SSSR count). The van der Waals surface area contributed by atoms with E-state index < -0.39 is 11.3 Å². The van der Waals surface area contributed by atoms with Gasteiger partial charge >= 0.3 is 0 Å². The standard InChI is InChI=1S/C24H20N4O/c1-29-20-11-10-15-6-2-3-7-16(15)21(20)22-18-9-5-4-8-17(18)19(12-25)23(28)24(22,13-26)14-27/h2-3,6-8,10-11,18,22H,4-5,9,28H2,1H3/t18-,22+/m0/s1. The van der Waals surface area contributed by atoms with Crippen LogP contribution in [0.2, 0.25) is 0 Å². The molecule has 0 saturated carbocycles. The Morgan fingerprint density at radius 1 is 1.10 bits per heavy atom. The molecule has 2 aromatic carbocycles. The van der Waals surface area contributed by atoms with E-state index >= 15 is 0 Å². The van der Waals surface area contributed by atoms with Gasteiger partial charge in [0.1, 0.15) is 11.8 Å². The van der Waals surface area contributed by atoms with E-state index in [2.05, 4.69) is 18.2 Å². The van der Waals surface area contributed by atoms with Crippen LogP contribution in [-0.4, -0.2) is 7.11 Å². The zero-order valence-electron chi connectivity index (χ0n) is 16.1. The average molecular weight is 380 g/mol. The molecule has 29 heavy (non-hydrogen) atoms. The van der Waals surface area contributed by atoms with E-state index in [1.54, 1.807) is 7.11 Å². The Bertz CT molecular complexity index is 1170. The Morgan fingerprint density at radius 2 is 1.86 bits per heavy atom. The second kappa shape index (κ2) is 7.01. The van der Waals surface area contributed by atoms with E-state index in [1.165, 1.54) is 0 Å². The molecule has 0 spiro atoms. The summed E-state index contributed by atoms with van der Waals surface area (Å²) in [6, 6.07) is 18.3. The summed E-state index contributed by atoms with van der Waals surface area (Å²) in [5, 5.41) is 32.2. The first kappa shape index (κ1) is 18.6. The zero-order chi connectivity index (χ0) is 20.6. The molecule has 0 radical (unpaired) electrons. The number of nitrogens with two attached hydrogens (primary N) is 1. The SMILES string of the molecule is COc1ccc2ccccc2c1[C@H]1[C@H]2CCCC=C2C(C#N)=C(N)C1(C#N)C#N. The van der Waals surface area contributed by atoms with Crippen molar-refractivity contribution in [3.8, 4) is 24.0 Å². The fourth-order valence-corrected chi connectivity index (χ4v) is 4.96. The maximum atomic E-state index is 10.2. The van der Waals surface area contributed by atoms with Gasteiger partial charge in [-0.3, -0.25) is 0 Å². The summed E-state index contributed by atoms with van der Waals surface area (Å²) in [7, 11) is 1.59. The fourth-order valence-electron chi connectivity index (χ4n) is 4.96. The van der Waals surface area contributed by atoms with Crippen LogP contribution in [-0.2, 0) is 0 Å². The molecule has 5 nitrogen and oxygen atoms in total. The van der Waals surface area contributed by atoms with Gasteiger partial charge in [-0.15, -0.1) is 0 Å². The Balaban J connectivity index is 2.14. The maximum Gasteiger partial charge on any atom is 0.191 e. The Kier molecular flexibility index (Phi) is 4.50. The smallest absolute Gasteiger partial charge is 0.191 e. The third-order valence-electron chi connectivity index (χ3n) is 6.26. The molecule has 2 atom stereocenters. The van der Waals surface area contributed by atoms with Crippen LogP contribution in [0.4, 0.5) is 0 Å². The molecule has 2 N–H and O–H groups in total. The third-order valence-corrected chi connectivity index (χ3v) is 6.26. The highest BCUT2D eigenvalue weighted by atomic mass is 16.5. The maximum absolute atomic E-state index is 10.2. The van der Waals surface area contributed by atoms with E-state index in [0.29, 0.717) is 5.75 Å². The quantitative estimate of drug-likeness (QED) is 0.829. The van der Waals surface area contributed by atoms with E-state index in [0.717, 1.165) is 41.2 Å². The third kappa shape index (κ3) is 2.50. The molecule has 2 aliphatic rings. The number of rotatable bonds is 2. The van der Waals surface area contributed by atoms with E-state index in [-0.39, 0.29) is 17.2 Å². The van der Waals surface area contributed by atoms with E-state index in [9.17, 15) is 15.8 Å². The first-order valence-corrected chi connectivity index (χ1v) is 9.61. The Labute approximate surface area is 169 Å². The molecule has 0 aromatic heterocycles. The van der Waals surface area contributed by atoms with Crippen molar-refractivity contribution >= 4 is 10.8 Å². The highest BCUT2D eigenvalue weighted by Gasteiger charge is 2.54. The summed E-state index contributed by atoms with van der Waals surface area (Å²) in [5.41, 5.74) is 6.76. The summed E-state index contributed by atoms with van der Waals surface area (Å²) in [5.74, 6) is -0.0476. The van der Waals surface area contributed by atoms with Gasteiger partial charge < -0.3 is 10.5 Å². The van der Waals surface area contributed by atoms with Crippen LogP contribution >= 0.6 is 0 Å². The van der Waals surface area contributed by atoms with Crippen molar-refractivity contribution in [1.29, 1.82) is 15.8 Å². The topological polar surface area (TPSA) is 107 Å². The molecule has 0 bridgehead atoms. The lowest BCUT2D eigenvalue weighted by Gasteiger charge is -2.44. The van der Waals surface area contributed by atoms with Gasteiger partial charge in [-0.25, -0.2) is 0 Å². The lowest BCUT2D eigenvalue weighted by atomic mass is 9.56. The second-order valence-corrected chi connectivity index (χ2v) is 7.51. The van der Waals surface area contributed by atoms with Crippen LogP contribution in [0.1, 0.15) is 30.7 Å². The molecule has 0 unspecified atom stereocenters. The molecule has 2 aromatic rings. The molecule has 2 aliphatic carbocycles. The van der Waals surface area contributed by atoms with Crippen LogP contribution < -0.4 is 10.5 Å². The van der Waals surface area contributed by atoms with Gasteiger partial charge in [0.25, 0.3) is 0 Å².